The van der Waals surface area contributed by atoms with Crippen molar-refractivity contribution in [1.29, 1.82) is 0 Å². The van der Waals surface area contributed by atoms with Gasteiger partial charge in [-0.3, -0.25) is 9.69 Å². The van der Waals surface area contributed by atoms with E-state index in [-0.39, 0.29) is 23.1 Å². The summed E-state index contributed by atoms with van der Waals surface area (Å²) in [5.41, 5.74) is 0.616. The first-order valence-electron chi connectivity index (χ1n) is 7.85. The van der Waals surface area contributed by atoms with Gasteiger partial charge in [-0.05, 0) is 19.1 Å². The molecule has 1 aromatic carbocycles. The molecule has 0 bridgehead atoms. The van der Waals surface area contributed by atoms with Crippen LogP contribution in [0.5, 0.6) is 11.5 Å². The van der Waals surface area contributed by atoms with Gasteiger partial charge in [0.1, 0.15) is 11.5 Å². The molecule has 9 nitrogen and oxygen atoms in total. The number of aromatic nitrogens is 2. The molecular formula is C16H18N4O5S. The quantitative estimate of drug-likeness (QED) is 0.758. The summed E-state index contributed by atoms with van der Waals surface area (Å²) in [6, 6.07) is 4.84. The Morgan fingerprint density at radius 2 is 2.15 bits per heavy atom. The number of urea groups is 1. The van der Waals surface area contributed by atoms with Gasteiger partial charge in [-0.1, -0.05) is 11.8 Å². The zero-order valence-corrected chi connectivity index (χ0v) is 15.3. The zero-order valence-electron chi connectivity index (χ0n) is 14.5. The highest BCUT2D eigenvalue weighted by Gasteiger charge is 2.31. The molecule has 0 aliphatic carbocycles. The van der Waals surface area contributed by atoms with Gasteiger partial charge < -0.3 is 19.2 Å². The van der Waals surface area contributed by atoms with Crippen molar-refractivity contribution in [2.75, 3.05) is 27.3 Å². The second kappa shape index (κ2) is 7.65. The third-order valence-corrected chi connectivity index (χ3v) is 4.72. The SMILES string of the molecule is COc1ccc(-c2nnc(S[C@H](C)C(=O)N3CCNC3=O)o2)c(OC)c1. The number of amides is 3. The highest BCUT2D eigenvalue weighted by molar-refractivity contribution is 8.00. The lowest BCUT2D eigenvalue weighted by Gasteiger charge is -2.15. The van der Waals surface area contributed by atoms with E-state index in [4.69, 9.17) is 13.9 Å². The van der Waals surface area contributed by atoms with E-state index in [2.05, 4.69) is 15.5 Å². The largest absolute Gasteiger partial charge is 0.497 e. The molecular weight excluding hydrogens is 360 g/mol. The van der Waals surface area contributed by atoms with Gasteiger partial charge in [-0.2, -0.15) is 0 Å². The number of carbonyl (C=O) groups excluding carboxylic acids is 2. The molecule has 10 heteroatoms. The summed E-state index contributed by atoms with van der Waals surface area (Å²) in [6.07, 6.45) is 0. The maximum Gasteiger partial charge on any atom is 0.324 e. The second-order valence-electron chi connectivity index (χ2n) is 5.42. The Bertz CT molecular complexity index is 825. The number of rotatable bonds is 6. The van der Waals surface area contributed by atoms with Crippen LogP contribution in [0.1, 0.15) is 6.92 Å². The van der Waals surface area contributed by atoms with Gasteiger partial charge in [0, 0.05) is 19.2 Å². The fraction of sp³-hybridized carbons (Fsp3) is 0.375. The van der Waals surface area contributed by atoms with Crippen molar-refractivity contribution in [2.45, 2.75) is 17.4 Å². The molecule has 2 aromatic rings. The topological polar surface area (TPSA) is 107 Å². The van der Waals surface area contributed by atoms with Crippen LogP contribution < -0.4 is 14.8 Å². The molecule has 0 radical (unpaired) electrons. The van der Waals surface area contributed by atoms with Crippen LogP contribution >= 0.6 is 11.8 Å². The fourth-order valence-corrected chi connectivity index (χ4v) is 3.19. The molecule has 1 N–H and O–H groups in total. The van der Waals surface area contributed by atoms with E-state index < -0.39 is 5.25 Å². The average Bonchev–Trinajstić information content (AvgIpc) is 3.29. The van der Waals surface area contributed by atoms with Gasteiger partial charge in [0.15, 0.2) is 0 Å². The number of carbonyl (C=O) groups is 2. The fourth-order valence-electron chi connectivity index (χ4n) is 2.44. The van der Waals surface area contributed by atoms with Crippen molar-refractivity contribution in [3.63, 3.8) is 0 Å². The summed E-state index contributed by atoms with van der Waals surface area (Å²) in [6.45, 7) is 2.51. The maximum absolute atomic E-state index is 12.3. The molecule has 0 spiro atoms. The van der Waals surface area contributed by atoms with E-state index in [1.54, 1.807) is 32.2 Å². The van der Waals surface area contributed by atoms with Crippen LogP contribution in [-0.2, 0) is 4.79 Å². The minimum Gasteiger partial charge on any atom is -0.497 e. The van der Waals surface area contributed by atoms with Gasteiger partial charge in [-0.25, -0.2) is 4.79 Å². The molecule has 138 valence electrons. The standard InChI is InChI=1S/C16H18N4O5S/c1-9(14(21)20-7-6-17-15(20)22)26-16-19-18-13(25-16)11-5-4-10(23-2)8-12(11)24-3/h4-5,8-9H,6-7H2,1-3H3,(H,17,22)/t9-/m1/s1. The van der Waals surface area contributed by atoms with Gasteiger partial charge in [-0.15, -0.1) is 10.2 Å². The number of imide groups is 1. The Labute approximate surface area is 154 Å². The van der Waals surface area contributed by atoms with Gasteiger partial charge in [0.2, 0.25) is 5.91 Å². The monoisotopic (exact) mass is 378 g/mol. The predicted octanol–water partition coefficient (Wildman–Crippen LogP) is 1.79. The summed E-state index contributed by atoms with van der Waals surface area (Å²) in [4.78, 5) is 25.1. The number of benzene rings is 1. The Morgan fingerprint density at radius 3 is 2.81 bits per heavy atom. The van der Waals surface area contributed by atoms with Crippen molar-refractivity contribution >= 4 is 23.7 Å². The number of thioether (sulfide) groups is 1. The number of ether oxygens (including phenoxy) is 2. The Morgan fingerprint density at radius 1 is 1.35 bits per heavy atom. The molecule has 1 saturated heterocycles. The van der Waals surface area contributed by atoms with Crippen LogP contribution in [0.4, 0.5) is 4.79 Å². The highest BCUT2D eigenvalue weighted by Crippen LogP contribution is 2.34. The molecule has 3 amide bonds. The van der Waals surface area contributed by atoms with Crippen molar-refractivity contribution in [1.82, 2.24) is 20.4 Å². The lowest BCUT2D eigenvalue weighted by molar-refractivity contribution is -0.126. The molecule has 0 unspecified atom stereocenters. The molecule has 1 aliphatic rings. The van der Waals surface area contributed by atoms with E-state index in [1.807, 2.05) is 0 Å². The smallest absolute Gasteiger partial charge is 0.324 e. The number of methoxy groups -OCH3 is 2. The first-order chi connectivity index (χ1) is 12.5. The third kappa shape index (κ3) is 3.59. The van der Waals surface area contributed by atoms with Crippen LogP contribution in [0.15, 0.2) is 27.8 Å². The molecule has 0 saturated carbocycles. The average molecular weight is 378 g/mol. The molecule has 1 aromatic heterocycles. The maximum atomic E-state index is 12.3. The molecule has 1 atom stereocenters. The first-order valence-corrected chi connectivity index (χ1v) is 8.73. The van der Waals surface area contributed by atoms with E-state index in [0.717, 1.165) is 11.8 Å². The zero-order chi connectivity index (χ0) is 18.7. The summed E-state index contributed by atoms with van der Waals surface area (Å²) in [5, 5.41) is 10.3. The molecule has 26 heavy (non-hydrogen) atoms. The number of nitrogens with zero attached hydrogens (tertiary/aromatic N) is 3. The molecule has 2 heterocycles. The predicted molar refractivity (Wildman–Crippen MR) is 93.3 cm³/mol. The minimum atomic E-state index is -0.537. The van der Waals surface area contributed by atoms with Crippen molar-refractivity contribution < 1.29 is 23.5 Å². The van der Waals surface area contributed by atoms with Crippen LogP contribution in [0.25, 0.3) is 11.5 Å². The lowest BCUT2D eigenvalue weighted by atomic mass is 10.2. The molecule has 1 aliphatic heterocycles. The number of hydrogen-bond donors (Lipinski definition) is 1. The van der Waals surface area contributed by atoms with Crippen LogP contribution in [0.2, 0.25) is 0 Å². The summed E-state index contributed by atoms with van der Waals surface area (Å²) in [5.74, 6) is 1.14. The molecule has 3 rings (SSSR count). The van der Waals surface area contributed by atoms with Crippen LogP contribution in [0.3, 0.4) is 0 Å². The van der Waals surface area contributed by atoms with Crippen LogP contribution in [0, 0.1) is 0 Å². The lowest BCUT2D eigenvalue weighted by Crippen LogP contribution is -2.38. The highest BCUT2D eigenvalue weighted by atomic mass is 32.2. The normalized spacial score (nSPS) is 14.9. The van der Waals surface area contributed by atoms with Gasteiger partial charge in [0.05, 0.1) is 25.0 Å². The van der Waals surface area contributed by atoms with Crippen molar-refractivity contribution in [2.24, 2.45) is 0 Å². The minimum absolute atomic E-state index is 0.235. The second-order valence-corrected chi connectivity index (χ2v) is 6.71. The number of nitrogens with one attached hydrogen (secondary N) is 1. The van der Waals surface area contributed by atoms with Gasteiger partial charge in [0.25, 0.3) is 11.1 Å². The Kier molecular flexibility index (Phi) is 5.31. The van der Waals surface area contributed by atoms with Gasteiger partial charge >= 0.3 is 6.03 Å². The Balaban J connectivity index is 1.74. The van der Waals surface area contributed by atoms with E-state index in [1.165, 1.54) is 12.0 Å². The summed E-state index contributed by atoms with van der Waals surface area (Å²) < 4.78 is 16.1. The summed E-state index contributed by atoms with van der Waals surface area (Å²) >= 11 is 1.10. The molecule has 1 fully saturated rings. The number of hydrogen-bond acceptors (Lipinski definition) is 8. The van der Waals surface area contributed by atoms with E-state index in [9.17, 15) is 9.59 Å². The van der Waals surface area contributed by atoms with E-state index >= 15 is 0 Å². The summed E-state index contributed by atoms with van der Waals surface area (Å²) in [7, 11) is 3.10. The van der Waals surface area contributed by atoms with Crippen molar-refractivity contribution in [3.8, 4) is 23.0 Å². The third-order valence-electron chi connectivity index (χ3n) is 3.79. The van der Waals surface area contributed by atoms with Crippen molar-refractivity contribution in [3.05, 3.63) is 18.2 Å². The Hall–Kier alpha value is -2.75. The van der Waals surface area contributed by atoms with Crippen LogP contribution in [-0.4, -0.2) is 59.6 Å². The van der Waals surface area contributed by atoms with E-state index in [0.29, 0.717) is 30.2 Å². The first kappa shape index (κ1) is 18.1.